The van der Waals surface area contributed by atoms with Gasteiger partial charge in [-0.1, -0.05) is 26.7 Å². The molecule has 1 saturated carbocycles. The van der Waals surface area contributed by atoms with E-state index in [9.17, 15) is 0 Å². The number of piperidine rings is 1. The molecule has 2 heteroatoms. The predicted octanol–water partition coefficient (Wildman–Crippen LogP) is 3.26. The Hall–Kier alpha value is -0.0800. The van der Waals surface area contributed by atoms with Crippen LogP contribution in [0.1, 0.15) is 59.3 Å². The molecule has 2 rings (SSSR count). The van der Waals surface area contributed by atoms with E-state index in [-0.39, 0.29) is 0 Å². The molecule has 0 aromatic carbocycles. The van der Waals surface area contributed by atoms with Gasteiger partial charge in [0.25, 0.3) is 0 Å². The standard InChI is InChI=1S/C16H32N2/c1-12-5-4-6-15(10-12)16(11-17)18-8-7-13(2)9-14(18)3/h12-16H,4-11,17H2,1-3H3. The molecule has 2 aliphatic rings. The first-order chi connectivity index (χ1) is 8.61. The summed E-state index contributed by atoms with van der Waals surface area (Å²) in [7, 11) is 0. The second-order valence-electron chi connectivity index (χ2n) is 7.05. The fourth-order valence-corrected chi connectivity index (χ4v) is 4.35. The van der Waals surface area contributed by atoms with Crippen molar-refractivity contribution in [1.29, 1.82) is 0 Å². The molecule has 106 valence electrons. The molecule has 18 heavy (non-hydrogen) atoms. The molecular weight excluding hydrogens is 220 g/mol. The zero-order chi connectivity index (χ0) is 13.1. The Balaban J connectivity index is 1.98. The van der Waals surface area contributed by atoms with Gasteiger partial charge in [-0.25, -0.2) is 0 Å². The van der Waals surface area contributed by atoms with Gasteiger partial charge in [-0.3, -0.25) is 4.90 Å². The molecule has 2 fully saturated rings. The molecule has 1 aliphatic carbocycles. The van der Waals surface area contributed by atoms with Gasteiger partial charge in [-0.05, 0) is 56.9 Å². The number of likely N-dealkylation sites (tertiary alicyclic amines) is 1. The van der Waals surface area contributed by atoms with Gasteiger partial charge in [-0.2, -0.15) is 0 Å². The van der Waals surface area contributed by atoms with Crippen LogP contribution in [0.2, 0.25) is 0 Å². The molecule has 2 N–H and O–H groups in total. The Kier molecular flexibility index (Phi) is 5.08. The van der Waals surface area contributed by atoms with Crippen molar-refractivity contribution in [3.63, 3.8) is 0 Å². The zero-order valence-electron chi connectivity index (χ0n) is 12.6. The largest absolute Gasteiger partial charge is 0.329 e. The second kappa shape index (κ2) is 6.38. The summed E-state index contributed by atoms with van der Waals surface area (Å²) in [6, 6.07) is 1.38. The van der Waals surface area contributed by atoms with Crippen molar-refractivity contribution in [3.8, 4) is 0 Å². The normalized spacial score (nSPS) is 40.7. The minimum atomic E-state index is 0.648. The van der Waals surface area contributed by atoms with E-state index in [0.29, 0.717) is 6.04 Å². The summed E-state index contributed by atoms with van der Waals surface area (Å²) in [5.41, 5.74) is 6.14. The van der Waals surface area contributed by atoms with Crippen LogP contribution in [0.4, 0.5) is 0 Å². The molecule has 0 bridgehead atoms. The van der Waals surface area contributed by atoms with Gasteiger partial charge in [-0.15, -0.1) is 0 Å². The molecular formula is C16H32N2. The number of hydrogen-bond donors (Lipinski definition) is 1. The molecule has 0 aromatic rings. The van der Waals surface area contributed by atoms with E-state index in [1.807, 2.05) is 0 Å². The fourth-order valence-electron chi connectivity index (χ4n) is 4.35. The van der Waals surface area contributed by atoms with Gasteiger partial charge in [0.2, 0.25) is 0 Å². The van der Waals surface area contributed by atoms with E-state index in [1.54, 1.807) is 0 Å². The molecule has 1 heterocycles. The van der Waals surface area contributed by atoms with Gasteiger partial charge >= 0.3 is 0 Å². The topological polar surface area (TPSA) is 29.3 Å². The lowest BCUT2D eigenvalue weighted by Crippen LogP contribution is -2.53. The average molecular weight is 252 g/mol. The van der Waals surface area contributed by atoms with Crippen molar-refractivity contribution in [2.45, 2.75) is 71.4 Å². The van der Waals surface area contributed by atoms with Crippen LogP contribution in [-0.2, 0) is 0 Å². The second-order valence-corrected chi connectivity index (χ2v) is 7.05. The van der Waals surface area contributed by atoms with Crippen molar-refractivity contribution < 1.29 is 0 Å². The predicted molar refractivity (Wildman–Crippen MR) is 78.5 cm³/mol. The van der Waals surface area contributed by atoms with E-state index in [1.165, 1.54) is 45.1 Å². The van der Waals surface area contributed by atoms with Crippen molar-refractivity contribution in [2.75, 3.05) is 13.1 Å². The molecule has 2 nitrogen and oxygen atoms in total. The third-order valence-electron chi connectivity index (χ3n) is 5.38. The van der Waals surface area contributed by atoms with Crippen LogP contribution < -0.4 is 5.73 Å². The first-order valence-corrected chi connectivity index (χ1v) is 8.07. The monoisotopic (exact) mass is 252 g/mol. The molecule has 1 aliphatic heterocycles. The molecule has 0 radical (unpaired) electrons. The zero-order valence-corrected chi connectivity index (χ0v) is 12.6. The molecule has 5 unspecified atom stereocenters. The van der Waals surface area contributed by atoms with Gasteiger partial charge in [0.1, 0.15) is 0 Å². The molecule has 1 saturated heterocycles. The first kappa shape index (κ1) is 14.3. The highest BCUT2D eigenvalue weighted by atomic mass is 15.2. The van der Waals surface area contributed by atoms with Crippen molar-refractivity contribution in [1.82, 2.24) is 4.90 Å². The van der Waals surface area contributed by atoms with E-state index in [2.05, 4.69) is 25.7 Å². The number of rotatable bonds is 3. The highest BCUT2D eigenvalue weighted by Gasteiger charge is 2.34. The molecule has 0 spiro atoms. The lowest BCUT2D eigenvalue weighted by Gasteiger charge is -2.46. The van der Waals surface area contributed by atoms with E-state index < -0.39 is 0 Å². The van der Waals surface area contributed by atoms with Crippen molar-refractivity contribution >= 4 is 0 Å². The smallest absolute Gasteiger partial charge is 0.0249 e. The summed E-state index contributed by atoms with van der Waals surface area (Å²) < 4.78 is 0. The van der Waals surface area contributed by atoms with Gasteiger partial charge in [0.15, 0.2) is 0 Å². The summed E-state index contributed by atoms with van der Waals surface area (Å²) in [6.07, 6.45) is 8.38. The Morgan fingerprint density at radius 3 is 2.39 bits per heavy atom. The maximum Gasteiger partial charge on any atom is 0.0249 e. The SMILES string of the molecule is CC1CCCC(C(CN)N2CCC(C)CC2C)C1. The van der Waals surface area contributed by atoms with Crippen LogP contribution in [0.3, 0.4) is 0 Å². The summed E-state index contributed by atoms with van der Waals surface area (Å²) in [5.74, 6) is 2.67. The Morgan fingerprint density at radius 1 is 1.06 bits per heavy atom. The van der Waals surface area contributed by atoms with Crippen LogP contribution in [0, 0.1) is 17.8 Å². The highest BCUT2D eigenvalue weighted by molar-refractivity contribution is 4.89. The van der Waals surface area contributed by atoms with E-state index in [4.69, 9.17) is 5.73 Å². The number of hydrogen-bond acceptors (Lipinski definition) is 2. The average Bonchev–Trinajstić information content (AvgIpc) is 2.33. The summed E-state index contributed by atoms with van der Waals surface area (Å²) in [5, 5.41) is 0. The van der Waals surface area contributed by atoms with Crippen molar-refractivity contribution in [3.05, 3.63) is 0 Å². The Bertz CT molecular complexity index is 253. The molecule has 0 amide bonds. The summed E-state index contributed by atoms with van der Waals surface area (Å²) in [6.45, 7) is 9.35. The summed E-state index contributed by atoms with van der Waals surface area (Å²) >= 11 is 0. The van der Waals surface area contributed by atoms with E-state index >= 15 is 0 Å². The fraction of sp³-hybridized carbons (Fsp3) is 1.00. The third kappa shape index (κ3) is 3.27. The van der Waals surface area contributed by atoms with Gasteiger partial charge < -0.3 is 5.73 Å². The van der Waals surface area contributed by atoms with Crippen LogP contribution >= 0.6 is 0 Å². The lowest BCUT2D eigenvalue weighted by molar-refractivity contribution is 0.0384. The molecule has 5 atom stereocenters. The summed E-state index contributed by atoms with van der Waals surface area (Å²) in [4.78, 5) is 2.74. The van der Waals surface area contributed by atoms with Gasteiger partial charge in [0.05, 0.1) is 0 Å². The van der Waals surface area contributed by atoms with Crippen LogP contribution in [-0.4, -0.2) is 30.1 Å². The van der Waals surface area contributed by atoms with Gasteiger partial charge in [0, 0.05) is 18.6 Å². The Morgan fingerprint density at radius 2 is 1.78 bits per heavy atom. The lowest BCUT2D eigenvalue weighted by atomic mass is 9.77. The number of nitrogens with zero attached hydrogens (tertiary/aromatic N) is 1. The van der Waals surface area contributed by atoms with Crippen LogP contribution in [0.5, 0.6) is 0 Å². The first-order valence-electron chi connectivity index (χ1n) is 8.07. The van der Waals surface area contributed by atoms with Crippen molar-refractivity contribution in [2.24, 2.45) is 23.5 Å². The molecule has 0 aromatic heterocycles. The minimum Gasteiger partial charge on any atom is -0.329 e. The highest BCUT2D eigenvalue weighted by Crippen LogP contribution is 2.35. The van der Waals surface area contributed by atoms with E-state index in [0.717, 1.165) is 30.3 Å². The van der Waals surface area contributed by atoms with Crippen LogP contribution in [0.15, 0.2) is 0 Å². The minimum absolute atomic E-state index is 0.648. The Labute approximate surface area is 113 Å². The quantitative estimate of drug-likeness (QED) is 0.835. The maximum absolute atomic E-state index is 6.14. The van der Waals surface area contributed by atoms with Crippen LogP contribution in [0.25, 0.3) is 0 Å². The number of nitrogens with two attached hydrogens (primary N) is 1. The third-order valence-corrected chi connectivity index (χ3v) is 5.38. The maximum atomic E-state index is 6.14.